The van der Waals surface area contributed by atoms with Crippen molar-refractivity contribution in [3.63, 3.8) is 0 Å². The molecule has 0 aromatic carbocycles. The van der Waals surface area contributed by atoms with Gasteiger partial charge in [-0.15, -0.1) is 0 Å². The fourth-order valence-electron chi connectivity index (χ4n) is 1.79. The normalized spacial score (nSPS) is 10.6. The van der Waals surface area contributed by atoms with Gasteiger partial charge in [-0.25, -0.2) is 9.78 Å². The van der Waals surface area contributed by atoms with Crippen molar-refractivity contribution < 1.29 is 9.90 Å². The van der Waals surface area contributed by atoms with Gasteiger partial charge in [-0.1, -0.05) is 38.0 Å². The number of thiazole rings is 1. The monoisotopic (exact) mass is 270 g/mol. The van der Waals surface area contributed by atoms with Gasteiger partial charge in [0.1, 0.15) is 4.88 Å². The van der Waals surface area contributed by atoms with Crippen LogP contribution in [0.2, 0.25) is 0 Å². The molecule has 4 nitrogen and oxygen atoms in total. The lowest BCUT2D eigenvalue weighted by molar-refractivity contribution is 0.0700. The molecule has 0 fully saturated rings. The highest BCUT2D eigenvalue weighted by Gasteiger charge is 2.19. The first-order valence-corrected chi connectivity index (χ1v) is 7.43. The van der Waals surface area contributed by atoms with E-state index in [0.717, 1.165) is 49.6 Å². The predicted octanol–water partition coefficient (Wildman–Crippen LogP) is 3.42. The molecule has 0 bridgehead atoms. The summed E-state index contributed by atoms with van der Waals surface area (Å²) in [5, 5.41) is 10.0. The van der Waals surface area contributed by atoms with Crippen molar-refractivity contribution in [1.82, 2.24) is 4.98 Å². The van der Waals surface area contributed by atoms with Crippen molar-refractivity contribution in [2.45, 2.75) is 46.5 Å². The van der Waals surface area contributed by atoms with Gasteiger partial charge in [-0.3, -0.25) is 0 Å². The lowest BCUT2D eigenvalue weighted by atomic mass is 10.2. The molecule has 0 saturated heterocycles. The molecule has 1 heterocycles. The van der Waals surface area contributed by atoms with Crippen LogP contribution in [0.3, 0.4) is 0 Å². The zero-order chi connectivity index (χ0) is 13.5. The van der Waals surface area contributed by atoms with Gasteiger partial charge in [-0.2, -0.15) is 0 Å². The Kier molecular flexibility index (Phi) is 6.12. The molecule has 5 heteroatoms. The summed E-state index contributed by atoms with van der Waals surface area (Å²) in [4.78, 5) is 18.3. The van der Waals surface area contributed by atoms with E-state index in [2.05, 4.69) is 23.7 Å². The quantitative estimate of drug-likeness (QED) is 0.786. The first-order chi connectivity index (χ1) is 8.63. The number of aromatic carboxylic acids is 1. The van der Waals surface area contributed by atoms with Gasteiger partial charge in [0.05, 0.1) is 5.69 Å². The topological polar surface area (TPSA) is 53.4 Å². The Bertz CT molecular complexity index is 390. The summed E-state index contributed by atoms with van der Waals surface area (Å²) in [6.07, 6.45) is 3.91. The summed E-state index contributed by atoms with van der Waals surface area (Å²) in [7, 11) is 0. The molecule has 0 aliphatic heterocycles. The smallest absolute Gasteiger partial charge is 0.347 e. The van der Waals surface area contributed by atoms with Crippen molar-refractivity contribution in [2.24, 2.45) is 0 Å². The lowest BCUT2D eigenvalue weighted by Gasteiger charge is -2.18. The first-order valence-electron chi connectivity index (χ1n) is 6.61. The summed E-state index contributed by atoms with van der Waals surface area (Å²) in [6, 6.07) is 0. The summed E-state index contributed by atoms with van der Waals surface area (Å²) in [5.41, 5.74) is 0.736. The summed E-state index contributed by atoms with van der Waals surface area (Å²) >= 11 is 1.31. The number of hydrogen-bond acceptors (Lipinski definition) is 4. The largest absolute Gasteiger partial charge is 0.477 e. The van der Waals surface area contributed by atoms with Gasteiger partial charge in [0.25, 0.3) is 0 Å². The molecule has 0 spiro atoms. The third-order valence-corrected chi connectivity index (χ3v) is 3.95. The van der Waals surface area contributed by atoms with E-state index in [1.54, 1.807) is 0 Å². The highest BCUT2D eigenvalue weighted by Crippen LogP contribution is 2.27. The fraction of sp³-hybridized carbons (Fsp3) is 0.692. The molecule has 0 radical (unpaired) electrons. The van der Waals surface area contributed by atoms with E-state index in [-0.39, 0.29) is 0 Å². The van der Waals surface area contributed by atoms with E-state index in [4.69, 9.17) is 0 Å². The van der Waals surface area contributed by atoms with E-state index in [0.29, 0.717) is 4.88 Å². The molecule has 1 N–H and O–H groups in total. The van der Waals surface area contributed by atoms with Gasteiger partial charge in [-0.05, 0) is 19.8 Å². The molecule has 0 atom stereocenters. The minimum Gasteiger partial charge on any atom is -0.477 e. The van der Waals surface area contributed by atoms with Crippen LogP contribution in [0.4, 0.5) is 5.13 Å². The Morgan fingerprint density at radius 1 is 1.33 bits per heavy atom. The predicted molar refractivity (Wildman–Crippen MR) is 75.9 cm³/mol. The number of hydrogen-bond donors (Lipinski definition) is 1. The molecule has 1 rings (SSSR count). The summed E-state index contributed by atoms with van der Waals surface area (Å²) < 4.78 is 0. The van der Waals surface area contributed by atoms with Crippen LogP contribution in [0, 0.1) is 0 Å². The maximum Gasteiger partial charge on any atom is 0.347 e. The van der Waals surface area contributed by atoms with Crippen LogP contribution >= 0.6 is 11.3 Å². The number of aromatic nitrogens is 1. The number of nitrogens with zero attached hydrogens (tertiary/aromatic N) is 2. The van der Waals surface area contributed by atoms with Crippen molar-refractivity contribution in [3.05, 3.63) is 10.6 Å². The molecule has 102 valence electrons. The molecule has 1 aromatic rings. The molecule has 0 unspecified atom stereocenters. The van der Waals surface area contributed by atoms with E-state index >= 15 is 0 Å². The maximum absolute atomic E-state index is 11.2. The summed E-state index contributed by atoms with van der Waals surface area (Å²) in [6.45, 7) is 8.10. The Morgan fingerprint density at radius 2 is 2.06 bits per heavy atom. The standard InChI is InChI=1S/C13H22N2O2S/c1-4-7-9-15(6-3)13-14-10(8-5-2)11(18-13)12(16)17/h4-9H2,1-3H3,(H,16,17). The minimum absolute atomic E-state index is 0.404. The average molecular weight is 270 g/mol. The zero-order valence-corrected chi connectivity index (χ0v) is 12.2. The Balaban J connectivity index is 2.93. The second-order valence-corrected chi connectivity index (χ2v) is 5.24. The third kappa shape index (κ3) is 3.70. The molecule has 18 heavy (non-hydrogen) atoms. The highest BCUT2D eigenvalue weighted by atomic mass is 32.1. The number of rotatable bonds is 8. The van der Waals surface area contributed by atoms with Gasteiger partial charge >= 0.3 is 5.97 Å². The van der Waals surface area contributed by atoms with E-state index in [9.17, 15) is 9.90 Å². The number of carbonyl (C=O) groups is 1. The van der Waals surface area contributed by atoms with E-state index in [1.807, 2.05) is 6.92 Å². The van der Waals surface area contributed by atoms with Gasteiger partial charge < -0.3 is 10.0 Å². The number of unbranched alkanes of at least 4 members (excludes halogenated alkanes) is 1. The first kappa shape index (κ1) is 15.0. The number of carboxylic acid groups (broad SMARTS) is 1. The number of anilines is 1. The molecular formula is C13H22N2O2S. The lowest BCUT2D eigenvalue weighted by Crippen LogP contribution is -2.23. The molecule has 0 aliphatic rings. The van der Waals surface area contributed by atoms with E-state index in [1.165, 1.54) is 11.3 Å². The second kappa shape index (κ2) is 7.36. The molecule has 0 amide bonds. The number of aryl methyl sites for hydroxylation is 1. The fourth-order valence-corrected chi connectivity index (χ4v) is 2.83. The zero-order valence-electron chi connectivity index (χ0n) is 11.4. The Labute approximate surface area is 113 Å². The third-order valence-electron chi connectivity index (χ3n) is 2.80. The van der Waals surface area contributed by atoms with Crippen LogP contribution in [0.1, 0.15) is 55.4 Å². The van der Waals surface area contributed by atoms with Gasteiger partial charge in [0.2, 0.25) is 0 Å². The van der Waals surface area contributed by atoms with Crippen LogP contribution < -0.4 is 4.90 Å². The van der Waals surface area contributed by atoms with Crippen LogP contribution in [0.25, 0.3) is 0 Å². The molecule has 1 aromatic heterocycles. The van der Waals surface area contributed by atoms with Crippen LogP contribution in [-0.2, 0) is 6.42 Å². The molecule has 0 aliphatic carbocycles. The van der Waals surface area contributed by atoms with Crippen LogP contribution in [0.5, 0.6) is 0 Å². The van der Waals surface area contributed by atoms with Crippen molar-refractivity contribution in [3.8, 4) is 0 Å². The van der Waals surface area contributed by atoms with Crippen molar-refractivity contribution >= 4 is 22.4 Å². The molecule has 0 saturated carbocycles. The highest BCUT2D eigenvalue weighted by molar-refractivity contribution is 7.17. The van der Waals surface area contributed by atoms with Crippen molar-refractivity contribution in [1.29, 1.82) is 0 Å². The summed E-state index contributed by atoms with van der Waals surface area (Å²) in [5.74, 6) is -0.853. The van der Waals surface area contributed by atoms with Gasteiger partial charge in [0.15, 0.2) is 5.13 Å². The van der Waals surface area contributed by atoms with Crippen molar-refractivity contribution in [2.75, 3.05) is 18.0 Å². The van der Waals surface area contributed by atoms with Crippen LogP contribution in [0.15, 0.2) is 0 Å². The van der Waals surface area contributed by atoms with Crippen LogP contribution in [-0.4, -0.2) is 29.1 Å². The maximum atomic E-state index is 11.2. The Hall–Kier alpha value is -1.10. The average Bonchev–Trinajstić information content (AvgIpc) is 2.75. The number of carboxylic acids is 1. The van der Waals surface area contributed by atoms with Gasteiger partial charge in [0, 0.05) is 13.1 Å². The second-order valence-electron chi connectivity index (χ2n) is 4.26. The SMILES string of the molecule is CCCCN(CC)c1nc(CCC)c(C(=O)O)s1. The minimum atomic E-state index is -0.853. The molecular weight excluding hydrogens is 248 g/mol. The Morgan fingerprint density at radius 3 is 2.56 bits per heavy atom. The van der Waals surface area contributed by atoms with E-state index < -0.39 is 5.97 Å².